The third-order valence-corrected chi connectivity index (χ3v) is 11.6. The molecule has 0 amide bonds. The number of benzene rings is 2. The van der Waals surface area contributed by atoms with E-state index in [1.165, 1.54) is 22.3 Å². The van der Waals surface area contributed by atoms with Gasteiger partial charge in [0.25, 0.3) is 0 Å². The van der Waals surface area contributed by atoms with Crippen molar-refractivity contribution in [3.05, 3.63) is 58.7 Å². The minimum atomic E-state index is -2.39. The predicted molar refractivity (Wildman–Crippen MR) is 140 cm³/mol. The van der Waals surface area contributed by atoms with E-state index >= 15 is 0 Å². The molecule has 2 aromatic carbocycles. The monoisotopic (exact) mass is 499 g/mol. The minimum Gasteiger partial charge on any atom is -0.147 e. The first kappa shape index (κ1) is 28.7. The van der Waals surface area contributed by atoms with Gasteiger partial charge in [0.1, 0.15) is 0 Å². The van der Waals surface area contributed by atoms with Crippen molar-refractivity contribution in [1.29, 1.82) is 0 Å². The van der Waals surface area contributed by atoms with Gasteiger partial charge in [-0.15, -0.1) is 24.8 Å². The second-order valence-electron chi connectivity index (χ2n) is 12.6. The molecule has 174 valence electrons. The van der Waals surface area contributed by atoms with Crippen molar-refractivity contribution in [3.63, 3.8) is 0 Å². The van der Waals surface area contributed by atoms with Gasteiger partial charge in [0, 0.05) is 0 Å². The largest absolute Gasteiger partial charge is 0.147 e. The van der Waals surface area contributed by atoms with Crippen LogP contribution in [-0.2, 0) is 27.7 Å². The summed E-state index contributed by atoms with van der Waals surface area (Å²) in [5, 5.41) is 5.09. The summed E-state index contributed by atoms with van der Waals surface area (Å²) in [5.74, 6) is 0. The van der Waals surface area contributed by atoms with E-state index in [4.69, 9.17) is 0 Å². The normalized spacial score (nSPS) is 14.4. The average Bonchev–Trinajstić information content (AvgIpc) is 2.84. The van der Waals surface area contributed by atoms with Gasteiger partial charge in [0.2, 0.25) is 0 Å². The molecule has 1 nitrogen and oxygen atoms in total. The quantitative estimate of drug-likeness (QED) is 0.407. The molecule has 0 aliphatic heterocycles. The predicted octanol–water partition coefficient (Wildman–Crippen LogP) is 8.75. The number of halogens is 2. The molecular formula is C27H43Cl2NTi. The molecule has 0 saturated carbocycles. The zero-order chi connectivity index (χ0) is 22.0. The van der Waals surface area contributed by atoms with Gasteiger partial charge in [-0.2, -0.15) is 0 Å². The summed E-state index contributed by atoms with van der Waals surface area (Å²) in [7, 11) is 0. The molecule has 0 radical (unpaired) electrons. The Bertz CT molecular complexity index is 864. The molecule has 0 fully saturated rings. The maximum absolute atomic E-state index is 4.10. The van der Waals surface area contributed by atoms with Crippen molar-refractivity contribution in [2.75, 3.05) is 0 Å². The minimum absolute atomic E-state index is 0. The molecule has 0 spiro atoms. The molecule has 0 aromatic heterocycles. The number of rotatable bonds is 2. The van der Waals surface area contributed by atoms with Crippen LogP contribution in [0.1, 0.15) is 88.8 Å². The molecule has 2 aromatic rings. The maximum Gasteiger partial charge on any atom is -0.147 e. The Hall–Kier alpha value is -0.306. The van der Waals surface area contributed by atoms with E-state index in [0.29, 0.717) is 4.22 Å². The molecular weight excluding hydrogens is 457 g/mol. The Balaban J connectivity index is 0.00000240. The van der Waals surface area contributed by atoms with Gasteiger partial charge < -0.3 is 0 Å². The Morgan fingerprint density at radius 3 is 1.29 bits per heavy atom. The Kier molecular flexibility index (Phi) is 8.48. The van der Waals surface area contributed by atoms with Gasteiger partial charge in [-0.1, -0.05) is 0 Å². The van der Waals surface area contributed by atoms with Crippen molar-refractivity contribution < 1.29 is 16.8 Å². The van der Waals surface area contributed by atoms with E-state index in [1.54, 1.807) is 11.1 Å². The maximum atomic E-state index is 4.10. The summed E-state index contributed by atoms with van der Waals surface area (Å²) in [5.41, 5.74) is 9.35. The third-order valence-electron chi connectivity index (χ3n) is 6.17. The summed E-state index contributed by atoms with van der Waals surface area (Å²) < 4.78 is 4.63. The van der Waals surface area contributed by atoms with Crippen molar-refractivity contribution in [3.8, 4) is 11.1 Å². The van der Waals surface area contributed by atoms with E-state index in [-0.39, 0.29) is 41.2 Å². The standard InChI is InChI=1S/C21H25.C4H10N.2CH3.2ClH.Ti/c1-20(2,3)16-9-7-14-11-15-8-10-17(21(4,5)6)13-19(15)18(14)12-16;1-4(2,3)5;;;;;/h7-13H,1-6H3;5H,1-3H3;2*1H3;2*1H;/q;-1;;;;;+1. The van der Waals surface area contributed by atoms with Crippen LogP contribution in [0, 0.1) is 0 Å². The van der Waals surface area contributed by atoms with Crippen molar-refractivity contribution >= 4 is 24.8 Å². The smallest absolute Gasteiger partial charge is 0.147 e. The molecule has 0 bridgehead atoms. The summed E-state index contributed by atoms with van der Waals surface area (Å²) in [6, 6.07) is 14.6. The van der Waals surface area contributed by atoms with Crippen LogP contribution in [0.3, 0.4) is 0 Å². The summed E-state index contributed by atoms with van der Waals surface area (Å²) in [4.78, 5) is 0. The number of hydrogen-bond donors (Lipinski definition) is 1. The van der Waals surface area contributed by atoms with E-state index in [1.807, 2.05) is 0 Å². The van der Waals surface area contributed by atoms with E-state index < -0.39 is 16.8 Å². The Morgan fingerprint density at radius 2 is 1.00 bits per heavy atom. The first-order chi connectivity index (χ1) is 13.0. The second-order valence-corrected chi connectivity index (χ2v) is 19.3. The molecule has 31 heavy (non-hydrogen) atoms. The molecule has 0 heterocycles. The van der Waals surface area contributed by atoms with Gasteiger partial charge in [-0.3, -0.25) is 0 Å². The third kappa shape index (κ3) is 5.98. The van der Waals surface area contributed by atoms with Crippen LogP contribution in [0.15, 0.2) is 36.4 Å². The summed E-state index contributed by atoms with van der Waals surface area (Å²) in [6.07, 6.45) is 0. The Labute approximate surface area is 207 Å². The van der Waals surface area contributed by atoms with Crippen LogP contribution in [0.25, 0.3) is 11.1 Å². The van der Waals surface area contributed by atoms with Gasteiger partial charge in [-0.05, 0) is 0 Å². The van der Waals surface area contributed by atoms with Gasteiger partial charge in [0.05, 0.1) is 0 Å². The van der Waals surface area contributed by atoms with Gasteiger partial charge in [-0.25, -0.2) is 0 Å². The molecule has 1 aliphatic carbocycles. The fourth-order valence-corrected chi connectivity index (χ4v) is 11.5. The SMILES string of the molecule is CC(C)(C)[NH][Ti]([CH3])([CH3])[CH]1c2ccc(C(C)(C)C)cc2-c2cc(C(C)(C)C)ccc21.Cl.Cl. The average molecular weight is 500 g/mol. The van der Waals surface area contributed by atoms with Crippen LogP contribution in [-0.4, -0.2) is 5.54 Å². The van der Waals surface area contributed by atoms with Crippen LogP contribution < -0.4 is 3.80 Å². The summed E-state index contributed by atoms with van der Waals surface area (Å²) in [6.45, 7) is 20.8. The zero-order valence-electron chi connectivity index (χ0n) is 21.4. The topological polar surface area (TPSA) is 12.0 Å². The van der Waals surface area contributed by atoms with E-state index in [2.05, 4.69) is 113 Å². The van der Waals surface area contributed by atoms with Crippen LogP contribution in [0.5, 0.6) is 0 Å². The fraction of sp³-hybridized carbons (Fsp3) is 0.556. The van der Waals surface area contributed by atoms with Crippen LogP contribution in [0.2, 0.25) is 10.5 Å². The fourth-order valence-electron chi connectivity index (χ4n) is 5.00. The Morgan fingerprint density at radius 1 is 0.645 bits per heavy atom. The first-order valence-electron chi connectivity index (χ1n) is 11.1. The van der Waals surface area contributed by atoms with Crippen LogP contribution in [0.4, 0.5) is 0 Å². The van der Waals surface area contributed by atoms with E-state index in [9.17, 15) is 0 Å². The molecule has 1 N–H and O–H groups in total. The van der Waals surface area contributed by atoms with Gasteiger partial charge in [0.15, 0.2) is 0 Å². The number of fused-ring (bicyclic) bond motifs is 3. The van der Waals surface area contributed by atoms with Gasteiger partial charge >= 0.3 is 184 Å². The number of nitrogens with one attached hydrogen (secondary N) is 1. The van der Waals surface area contributed by atoms with Crippen molar-refractivity contribution in [2.45, 2.75) is 93.4 Å². The van der Waals surface area contributed by atoms with Crippen LogP contribution >= 0.6 is 24.8 Å². The second kappa shape index (κ2) is 9.15. The zero-order valence-corrected chi connectivity index (χ0v) is 24.6. The van der Waals surface area contributed by atoms with Crippen molar-refractivity contribution in [1.82, 2.24) is 3.80 Å². The summed E-state index contributed by atoms with van der Waals surface area (Å²) >= 11 is -2.39. The molecule has 4 heteroatoms. The van der Waals surface area contributed by atoms with E-state index in [0.717, 1.165) is 0 Å². The first-order valence-corrected chi connectivity index (χ1v) is 15.9. The molecule has 0 atom stereocenters. The molecule has 3 rings (SSSR count). The molecule has 0 unspecified atom stereocenters. The molecule has 1 aliphatic rings. The van der Waals surface area contributed by atoms with Crippen molar-refractivity contribution in [2.24, 2.45) is 0 Å². The molecule has 0 saturated heterocycles. The number of hydrogen-bond acceptors (Lipinski definition) is 1.